The average Bonchev–Trinajstić information content (AvgIpc) is 2.59. The fourth-order valence-corrected chi connectivity index (χ4v) is 3.03. The van der Waals surface area contributed by atoms with Gasteiger partial charge in [0, 0.05) is 5.56 Å². The molecule has 0 spiro atoms. The van der Waals surface area contributed by atoms with Crippen LogP contribution in [0.3, 0.4) is 0 Å². The van der Waals surface area contributed by atoms with Crippen LogP contribution in [0.5, 0.6) is 5.75 Å². The van der Waals surface area contributed by atoms with E-state index < -0.39 is 17.7 Å². The van der Waals surface area contributed by atoms with Crippen molar-refractivity contribution in [2.75, 3.05) is 0 Å². The summed E-state index contributed by atoms with van der Waals surface area (Å²) in [5, 5.41) is 22.7. The van der Waals surface area contributed by atoms with Gasteiger partial charge < -0.3 is 15.2 Å². The molecule has 0 saturated heterocycles. The highest BCUT2D eigenvalue weighted by atomic mass is 16.5. The van der Waals surface area contributed by atoms with E-state index in [2.05, 4.69) is 11.4 Å². The molecule has 0 aromatic heterocycles. The van der Waals surface area contributed by atoms with Gasteiger partial charge in [0.1, 0.15) is 17.5 Å². The Hall–Kier alpha value is -2.84. The van der Waals surface area contributed by atoms with Gasteiger partial charge in [0.25, 0.3) is 0 Å². The van der Waals surface area contributed by atoms with Crippen LogP contribution in [0.25, 0.3) is 0 Å². The van der Waals surface area contributed by atoms with E-state index in [1.165, 1.54) is 0 Å². The number of nitrogens with zero attached hydrogens (tertiary/aromatic N) is 1. The summed E-state index contributed by atoms with van der Waals surface area (Å²) in [6, 6.07) is 15.9. The summed E-state index contributed by atoms with van der Waals surface area (Å²) in [5.41, 5.74) is 1.11. The van der Waals surface area contributed by atoms with Crippen molar-refractivity contribution >= 4 is 5.91 Å². The summed E-state index contributed by atoms with van der Waals surface area (Å²) in [6.07, 6.45) is -0.716. The van der Waals surface area contributed by atoms with E-state index in [0.29, 0.717) is 16.9 Å². The number of aliphatic hydroxyl groups excluding tert-OH is 1. The monoisotopic (exact) mass is 336 g/mol. The van der Waals surface area contributed by atoms with Crippen LogP contribution in [0.1, 0.15) is 36.6 Å². The largest absolute Gasteiger partial charge is 0.485 e. The maximum Gasteiger partial charge on any atom is 0.224 e. The Morgan fingerprint density at radius 1 is 1.28 bits per heavy atom. The minimum absolute atomic E-state index is 0.193. The number of hydrogen-bond acceptors (Lipinski definition) is 4. The van der Waals surface area contributed by atoms with E-state index in [-0.39, 0.29) is 12.3 Å². The number of hydrogen-bond donors (Lipinski definition) is 2. The standard InChI is InChI=1S/C20H20N2O3/c1-20(2)19(24)18(15-10-14(12-21)8-9-16(15)25-20)22-17(23)11-13-6-4-3-5-7-13/h3-10,18-19,24H,11H2,1-2H3,(H,22,23)/t18-,19+/m1/s1. The first kappa shape index (κ1) is 17.0. The Morgan fingerprint density at radius 3 is 2.68 bits per heavy atom. The Kier molecular flexibility index (Phi) is 4.47. The molecule has 2 aromatic rings. The molecule has 1 aliphatic heterocycles. The number of fused-ring (bicyclic) bond motifs is 1. The number of nitrogens with one attached hydrogen (secondary N) is 1. The highest BCUT2D eigenvalue weighted by molar-refractivity contribution is 5.79. The van der Waals surface area contributed by atoms with Crippen LogP contribution < -0.4 is 10.1 Å². The first-order valence-corrected chi connectivity index (χ1v) is 8.15. The van der Waals surface area contributed by atoms with Gasteiger partial charge in [-0.15, -0.1) is 0 Å². The molecule has 1 aliphatic rings. The Balaban J connectivity index is 1.88. The highest BCUT2D eigenvalue weighted by Gasteiger charge is 2.43. The minimum atomic E-state index is -0.936. The van der Waals surface area contributed by atoms with E-state index in [9.17, 15) is 9.90 Å². The molecule has 5 nitrogen and oxygen atoms in total. The van der Waals surface area contributed by atoms with Crippen molar-refractivity contribution in [3.63, 3.8) is 0 Å². The van der Waals surface area contributed by atoms with Crippen LogP contribution in [-0.4, -0.2) is 22.7 Å². The molecule has 2 atom stereocenters. The number of ether oxygens (including phenoxy) is 1. The Bertz CT molecular complexity index is 825. The third-order valence-electron chi connectivity index (χ3n) is 4.40. The van der Waals surface area contributed by atoms with Crippen molar-refractivity contribution in [3.8, 4) is 11.8 Å². The van der Waals surface area contributed by atoms with Gasteiger partial charge in [0.15, 0.2) is 0 Å². The summed E-state index contributed by atoms with van der Waals surface area (Å²) < 4.78 is 5.85. The lowest BCUT2D eigenvalue weighted by Gasteiger charge is -2.42. The summed E-state index contributed by atoms with van der Waals surface area (Å²) >= 11 is 0. The number of benzene rings is 2. The first-order chi connectivity index (χ1) is 11.9. The molecule has 3 rings (SSSR count). The molecular weight excluding hydrogens is 316 g/mol. The zero-order chi connectivity index (χ0) is 18.0. The number of amides is 1. The van der Waals surface area contributed by atoms with Crippen LogP contribution in [0.15, 0.2) is 48.5 Å². The quantitative estimate of drug-likeness (QED) is 0.902. The van der Waals surface area contributed by atoms with Crippen molar-refractivity contribution in [1.29, 1.82) is 5.26 Å². The maximum absolute atomic E-state index is 12.5. The predicted molar refractivity (Wildman–Crippen MR) is 92.9 cm³/mol. The second kappa shape index (κ2) is 6.58. The second-order valence-electron chi connectivity index (χ2n) is 6.72. The van der Waals surface area contributed by atoms with Crippen molar-refractivity contribution in [1.82, 2.24) is 5.32 Å². The van der Waals surface area contributed by atoms with Crippen LogP contribution in [0, 0.1) is 11.3 Å². The van der Waals surface area contributed by atoms with Crippen LogP contribution in [0.2, 0.25) is 0 Å². The highest BCUT2D eigenvalue weighted by Crippen LogP contribution is 2.40. The average molecular weight is 336 g/mol. The fraction of sp³-hybridized carbons (Fsp3) is 0.300. The maximum atomic E-state index is 12.5. The summed E-state index contributed by atoms with van der Waals surface area (Å²) in [6.45, 7) is 3.55. The lowest BCUT2D eigenvalue weighted by atomic mass is 9.86. The van der Waals surface area contributed by atoms with Gasteiger partial charge in [-0.25, -0.2) is 0 Å². The third-order valence-corrected chi connectivity index (χ3v) is 4.40. The molecule has 2 N–H and O–H groups in total. The minimum Gasteiger partial charge on any atom is -0.485 e. The molecular formula is C20H20N2O3. The van der Waals surface area contributed by atoms with Crippen molar-refractivity contribution < 1.29 is 14.6 Å². The zero-order valence-corrected chi connectivity index (χ0v) is 14.2. The molecule has 2 aromatic carbocycles. The number of aliphatic hydroxyl groups is 1. The van der Waals surface area contributed by atoms with Crippen molar-refractivity contribution in [2.24, 2.45) is 0 Å². The SMILES string of the molecule is CC1(C)Oc2ccc(C#N)cc2[C@@H](NC(=O)Cc2ccccc2)[C@@H]1O. The number of nitriles is 1. The third kappa shape index (κ3) is 3.49. The van der Waals surface area contributed by atoms with E-state index in [1.54, 1.807) is 32.0 Å². The van der Waals surface area contributed by atoms with Gasteiger partial charge in [0.05, 0.1) is 24.1 Å². The smallest absolute Gasteiger partial charge is 0.224 e. The van der Waals surface area contributed by atoms with Crippen molar-refractivity contribution in [2.45, 2.75) is 38.0 Å². The number of carbonyl (C=O) groups excluding carboxylic acids is 1. The molecule has 0 fully saturated rings. The predicted octanol–water partition coefficient (Wildman–Crippen LogP) is 2.49. The molecule has 0 radical (unpaired) electrons. The van der Waals surface area contributed by atoms with Gasteiger partial charge >= 0.3 is 0 Å². The van der Waals surface area contributed by atoms with Gasteiger partial charge in [-0.3, -0.25) is 4.79 Å². The topological polar surface area (TPSA) is 82.3 Å². The lowest BCUT2D eigenvalue weighted by Crippen LogP contribution is -2.53. The van der Waals surface area contributed by atoms with E-state index in [4.69, 9.17) is 10.00 Å². The molecule has 0 saturated carbocycles. The van der Waals surface area contributed by atoms with E-state index >= 15 is 0 Å². The van der Waals surface area contributed by atoms with E-state index in [0.717, 1.165) is 5.56 Å². The Labute approximate surface area is 146 Å². The Morgan fingerprint density at radius 2 is 2.00 bits per heavy atom. The summed E-state index contributed by atoms with van der Waals surface area (Å²) in [7, 11) is 0. The number of rotatable bonds is 3. The first-order valence-electron chi connectivity index (χ1n) is 8.15. The molecule has 5 heteroatoms. The zero-order valence-electron chi connectivity index (χ0n) is 14.2. The van der Waals surface area contributed by atoms with Gasteiger partial charge in [-0.05, 0) is 37.6 Å². The molecule has 1 heterocycles. The molecule has 0 aliphatic carbocycles. The lowest BCUT2D eigenvalue weighted by molar-refractivity contribution is -0.125. The molecule has 0 unspecified atom stereocenters. The van der Waals surface area contributed by atoms with Gasteiger partial charge in [0.2, 0.25) is 5.91 Å². The second-order valence-corrected chi connectivity index (χ2v) is 6.72. The van der Waals surface area contributed by atoms with Gasteiger partial charge in [-0.2, -0.15) is 5.26 Å². The van der Waals surface area contributed by atoms with Gasteiger partial charge in [-0.1, -0.05) is 30.3 Å². The number of carbonyl (C=O) groups is 1. The molecule has 128 valence electrons. The van der Waals surface area contributed by atoms with E-state index in [1.807, 2.05) is 30.3 Å². The summed E-state index contributed by atoms with van der Waals surface area (Å²) in [4.78, 5) is 12.5. The molecule has 25 heavy (non-hydrogen) atoms. The van der Waals surface area contributed by atoms with Crippen LogP contribution >= 0.6 is 0 Å². The van der Waals surface area contributed by atoms with Crippen molar-refractivity contribution in [3.05, 3.63) is 65.2 Å². The van der Waals surface area contributed by atoms with Crippen LogP contribution in [-0.2, 0) is 11.2 Å². The fourth-order valence-electron chi connectivity index (χ4n) is 3.03. The molecule has 0 bridgehead atoms. The van der Waals surface area contributed by atoms with Crippen LogP contribution in [0.4, 0.5) is 0 Å². The normalized spacial score (nSPS) is 20.7. The summed E-state index contributed by atoms with van der Waals surface area (Å²) in [5.74, 6) is 0.376. The molecule has 1 amide bonds.